The zero-order valence-corrected chi connectivity index (χ0v) is 12.2. The van der Waals surface area contributed by atoms with E-state index in [1.54, 1.807) is 25.3 Å². The number of methoxy groups -OCH3 is 2. The number of amides is 1. The molecular formula is C16H15FN2O3. The van der Waals surface area contributed by atoms with Crippen LogP contribution in [-0.2, 0) is 0 Å². The topological polar surface area (TPSA) is 59.9 Å². The van der Waals surface area contributed by atoms with E-state index in [1.807, 2.05) is 0 Å². The molecule has 0 spiro atoms. The SMILES string of the molecule is COc1ccc(/C=N\NC(=O)c2ccc(F)cc2)cc1OC. The first-order valence-electron chi connectivity index (χ1n) is 6.45. The van der Waals surface area contributed by atoms with E-state index in [-0.39, 0.29) is 0 Å². The first kappa shape index (κ1) is 15.5. The Hall–Kier alpha value is -2.89. The lowest BCUT2D eigenvalue weighted by molar-refractivity contribution is 0.0955. The number of nitrogens with one attached hydrogen (secondary N) is 1. The summed E-state index contributed by atoms with van der Waals surface area (Å²) in [4.78, 5) is 11.8. The van der Waals surface area contributed by atoms with Gasteiger partial charge in [-0.25, -0.2) is 9.82 Å². The zero-order valence-electron chi connectivity index (χ0n) is 12.2. The largest absolute Gasteiger partial charge is 0.493 e. The van der Waals surface area contributed by atoms with Crippen molar-refractivity contribution in [3.63, 3.8) is 0 Å². The van der Waals surface area contributed by atoms with Crippen LogP contribution in [-0.4, -0.2) is 26.3 Å². The minimum absolute atomic E-state index is 0.325. The lowest BCUT2D eigenvalue weighted by Gasteiger charge is -2.07. The number of nitrogens with zero attached hydrogens (tertiary/aromatic N) is 1. The number of benzene rings is 2. The Morgan fingerprint density at radius 3 is 2.41 bits per heavy atom. The number of rotatable bonds is 5. The third-order valence-corrected chi connectivity index (χ3v) is 2.89. The fourth-order valence-electron chi connectivity index (χ4n) is 1.76. The van der Waals surface area contributed by atoms with Gasteiger partial charge in [0.15, 0.2) is 11.5 Å². The molecule has 0 radical (unpaired) electrons. The molecule has 0 aliphatic heterocycles. The second-order valence-corrected chi connectivity index (χ2v) is 4.32. The van der Waals surface area contributed by atoms with Crippen LogP contribution in [0.25, 0.3) is 0 Å². The first-order chi connectivity index (χ1) is 10.6. The molecule has 0 fully saturated rings. The summed E-state index contributed by atoms with van der Waals surface area (Å²) in [5, 5.41) is 3.86. The van der Waals surface area contributed by atoms with Crippen molar-refractivity contribution in [2.75, 3.05) is 14.2 Å². The van der Waals surface area contributed by atoms with Crippen LogP contribution in [0.5, 0.6) is 11.5 Å². The zero-order chi connectivity index (χ0) is 15.9. The van der Waals surface area contributed by atoms with Crippen LogP contribution in [0.4, 0.5) is 4.39 Å². The smallest absolute Gasteiger partial charge is 0.271 e. The van der Waals surface area contributed by atoms with Gasteiger partial charge in [0.1, 0.15) is 5.82 Å². The van der Waals surface area contributed by atoms with Crippen molar-refractivity contribution in [3.8, 4) is 11.5 Å². The molecule has 0 saturated heterocycles. The lowest BCUT2D eigenvalue weighted by Crippen LogP contribution is -2.17. The van der Waals surface area contributed by atoms with Gasteiger partial charge in [0.05, 0.1) is 20.4 Å². The van der Waals surface area contributed by atoms with Crippen molar-refractivity contribution in [2.45, 2.75) is 0 Å². The number of ether oxygens (including phenoxy) is 2. The fraction of sp³-hybridized carbons (Fsp3) is 0.125. The molecule has 0 atom stereocenters. The molecule has 0 unspecified atom stereocenters. The predicted octanol–water partition coefficient (Wildman–Crippen LogP) is 2.61. The van der Waals surface area contributed by atoms with Crippen molar-refractivity contribution < 1.29 is 18.7 Å². The highest BCUT2D eigenvalue weighted by Gasteiger charge is 2.05. The summed E-state index contributed by atoms with van der Waals surface area (Å²) >= 11 is 0. The first-order valence-corrected chi connectivity index (χ1v) is 6.45. The Morgan fingerprint density at radius 2 is 1.77 bits per heavy atom. The van der Waals surface area contributed by atoms with Gasteiger partial charge in [0.2, 0.25) is 0 Å². The predicted molar refractivity (Wildman–Crippen MR) is 81.0 cm³/mol. The molecule has 114 valence electrons. The molecule has 0 bridgehead atoms. The molecule has 0 heterocycles. The van der Waals surface area contributed by atoms with E-state index in [2.05, 4.69) is 10.5 Å². The molecule has 2 rings (SSSR count). The molecule has 2 aromatic carbocycles. The number of hydrazone groups is 1. The lowest BCUT2D eigenvalue weighted by atomic mass is 10.2. The third-order valence-electron chi connectivity index (χ3n) is 2.89. The second-order valence-electron chi connectivity index (χ2n) is 4.32. The van der Waals surface area contributed by atoms with Gasteiger partial charge in [-0.05, 0) is 48.0 Å². The van der Waals surface area contributed by atoms with E-state index in [0.29, 0.717) is 17.1 Å². The number of halogens is 1. The van der Waals surface area contributed by atoms with E-state index in [1.165, 1.54) is 37.6 Å². The minimum atomic E-state index is -0.420. The summed E-state index contributed by atoms with van der Waals surface area (Å²) in [7, 11) is 3.09. The van der Waals surface area contributed by atoms with Gasteiger partial charge in [-0.15, -0.1) is 0 Å². The molecule has 1 amide bonds. The van der Waals surface area contributed by atoms with E-state index in [0.717, 1.165) is 5.56 Å². The molecule has 0 aliphatic rings. The number of carbonyl (C=O) groups excluding carboxylic acids is 1. The normalized spacial score (nSPS) is 10.5. The molecular weight excluding hydrogens is 287 g/mol. The van der Waals surface area contributed by atoms with Crippen LogP contribution < -0.4 is 14.9 Å². The average Bonchev–Trinajstić information content (AvgIpc) is 2.55. The van der Waals surface area contributed by atoms with E-state index in [9.17, 15) is 9.18 Å². The van der Waals surface area contributed by atoms with Crippen molar-refractivity contribution in [1.29, 1.82) is 0 Å². The summed E-state index contributed by atoms with van der Waals surface area (Å²) in [6.07, 6.45) is 1.48. The van der Waals surface area contributed by atoms with Crippen molar-refractivity contribution >= 4 is 12.1 Å². The summed E-state index contributed by atoms with van der Waals surface area (Å²) in [6, 6.07) is 10.4. The maximum Gasteiger partial charge on any atom is 0.271 e. The quantitative estimate of drug-likeness (QED) is 0.682. The number of carbonyl (C=O) groups is 1. The molecule has 0 aromatic heterocycles. The van der Waals surface area contributed by atoms with Crippen molar-refractivity contribution in [2.24, 2.45) is 5.10 Å². The summed E-state index contributed by atoms with van der Waals surface area (Å²) < 4.78 is 23.1. The molecule has 5 nitrogen and oxygen atoms in total. The van der Waals surface area contributed by atoms with Crippen LogP contribution in [0.1, 0.15) is 15.9 Å². The number of hydrogen-bond donors (Lipinski definition) is 1. The standard InChI is InChI=1S/C16H15FN2O3/c1-21-14-8-3-11(9-15(14)22-2)10-18-19-16(20)12-4-6-13(17)7-5-12/h3-10H,1-2H3,(H,19,20)/b18-10-. The molecule has 1 N–H and O–H groups in total. The Morgan fingerprint density at radius 1 is 1.09 bits per heavy atom. The summed E-state index contributed by atoms with van der Waals surface area (Å²) in [6.45, 7) is 0. The highest BCUT2D eigenvalue weighted by molar-refractivity contribution is 5.94. The second kappa shape index (κ2) is 7.21. The number of hydrogen-bond acceptors (Lipinski definition) is 4. The Balaban J connectivity index is 2.03. The Bertz CT molecular complexity index is 684. The molecule has 2 aromatic rings. The van der Waals surface area contributed by atoms with Crippen LogP contribution in [0.2, 0.25) is 0 Å². The van der Waals surface area contributed by atoms with Crippen molar-refractivity contribution in [3.05, 3.63) is 59.4 Å². The van der Waals surface area contributed by atoms with Gasteiger partial charge < -0.3 is 9.47 Å². The molecule has 22 heavy (non-hydrogen) atoms. The maximum absolute atomic E-state index is 12.8. The van der Waals surface area contributed by atoms with Gasteiger partial charge in [-0.1, -0.05) is 0 Å². The highest BCUT2D eigenvalue weighted by atomic mass is 19.1. The monoisotopic (exact) mass is 302 g/mol. The van der Waals surface area contributed by atoms with Crippen molar-refractivity contribution in [1.82, 2.24) is 5.43 Å². The summed E-state index contributed by atoms with van der Waals surface area (Å²) in [5.74, 6) is 0.355. The van der Waals surface area contributed by atoms with Gasteiger partial charge in [-0.3, -0.25) is 4.79 Å². The van der Waals surface area contributed by atoms with E-state index in [4.69, 9.17) is 9.47 Å². The summed E-state index contributed by atoms with van der Waals surface area (Å²) in [5.41, 5.74) is 3.43. The van der Waals surface area contributed by atoms with Crippen LogP contribution in [0.15, 0.2) is 47.6 Å². The van der Waals surface area contributed by atoms with E-state index >= 15 is 0 Å². The minimum Gasteiger partial charge on any atom is -0.493 e. The van der Waals surface area contributed by atoms with Crippen LogP contribution >= 0.6 is 0 Å². The highest BCUT2D eigenvalue weighted by Crippen LogP contribution is 2.26. The van der Waals surface area contributed by atoms with Gasteiger partial charge in [-0.2, -0.15) is 5.10 Å². The van der Waals surface area contributed by atoms with Gasteiger partial charge in [0, 0.05) is 5.56 Å². The average molecular weight is 302 g/mol. The maximum atomic E-state index is 12.8. The Kier molecular flexibility index (Phi) is 5.08. The van der Waals surface area contributed by atoms with Crippen LogP contribution in [0.3, 0.4) is 0 Å². The third kappa shape index (κ3) is 3.82. The molecule has 0 saturated carbocycles. The van der Waals surface area contributed by atoms with Gasteiger partial charge in [0.25, 0.3) is 5.91 Å². The Labute approximate surface area is 127 Å². The fourth-order valence-corrected chi connectivity index (χ4v) is 1.76. The molecule has 6 heteroatoms. The molecule has 0 aliphatic carbocycles. The van der Waals surface area contributed by atoms with Crippen LogP contribution in [0, 0.1) is 5.82 Å². The van der Waals surface area contributed by atoms with Gasteiger partial charge >= 0.3 is 0 Å². The van der Waals surface area contributed by atoms with E-state index < -0.39 is 11.7 Å².